The van der Waals surface area contributed by atoms with Crippen LogP contribution in [0.3, 0.4) is 0 Å². The monoisotopic (exact) mass is 279 g/mol. The maximum atomic E-state index is 9.12. The fraction of sp³-hybridized carbons (Fsp3) is 0.455. The highest BCUT2D eigenvalue weighted by Gasteiger charge is 2.26. The molecule has 0 bridgehead atoms. The molecule has 0 radical (unpaired) electrons. The lowest BCUT2D eigenvalue weighted by Gasteiger charge is -2.28. The fourth-order valence-electron chi connectivity index (χ4n) is 1.26. The lowest BCUT2D eigenvalue weighted by atomic mass is 10.0. The van der Waals surface area contributed by atoms with Gasteiger partial charge in [-0.3, -0.25) is 0 Å². The topological polar surface area (TPSA) is 72.7 Å². The van der Waals surface area contributed by atoms with Crippen molar-refractivity contribution in [2.45, 2.75) is 12.1 Å². The van der Waals surface area contributed by atoms with Crippen LogP contribution in [0, 0.1) is 0 Å². The molecule has 0 aromatic heterocycles. The smallest absolute Gasteiger partial charge is 0.0884 e. The molecule has 0 heterocycles. The van der Waals surface area contributed by atoms with Gasteiger partial charge in [-0.2, -0.15) is 0 Å². The van der Waals surface area contributed by atoms with Crippen molar-refractivity contribution in [1.29, 1.82) is 0 Å². The Balaban J connectivity index is 2.68. The number of halogens is 2. The van der Waals surface area contributed by atoms with E-state index in [1.807, 2.05) is 0 Å². The third kappa shape index (κ3) is 3.81. The zero-order valence-electron chi connectivity index (χ0n) is 9.16. The second-order valence-electron chi connectivity index (χ2n) is 3.86. The Kier molecular flexibility index (Phi) is 5.66. The summed E-state index contributed by atoms with van der Waals surface area (Å²) in [5, 5.41) is 31.2. The first-order valence-corrected chi connectivity index (χ1v) is 5.84. The van der Waals surface area contributed by atoms with Crippen LogP contribution in [-0.4, -0.2) is 40.7 Å². The number of nitrogens with one attached hydrogen (secondary N) is 1. The first-order chi connectivity index (χ1) is 8.06. The molecule has 0 atom stereocenters. The summed E-state index contributed by atoms with van der Waals surface area (Å²) < 4.78 is 0. The quantitative estimate of drug-likeness (QED) is 0.622. The predicted molar refractivity (Wildman–Crippen MR) is 67.3 cm³/mol. The van der Waals surface area contributed by atoms with E-state index in [2.05, 4.69) is 5.32 Å². The summed E-state index contributed by atoms with van der Waals surface area (Å²) in [7, 11) is 0. The Morgan fingerprint density at radius 2 is 1.59 bits per heavy atom. The van der Waals surface area contributed by atoms with Gasteiger partial charge in [0.1, 0.15) is 0 Å². The lowest BCUT2D eigenvalue weighted by molar-refractivity contribution is 0.0414. The van der Waals surface area contributed by atoms with Crippen molar-refractivity contribution in [2.75, 3.05) is 19.8 Å². The van der Waals surface area contributed by atoms with Crippen LogP contribution in [-0.2, 0) is 6.54 Å². The van der Waals surface area contributed by atoms with Crippen LogP contribution in [0.2, 0.25) is 10.0 Å². The summed E-state index contributed by atoms with van der Waals surface area (Å²) in [6.07, 6.45) is 0. The molecular formula is C11H15Cl2NO3. The summed E-state index contributed by atoms with van der Waals surface area (Å²) >= 11 is 11.6. The minimum absolute atomic E-state index is 0.360. The van der Waals surface area contributed by atoms with Crippen molar-refractivity contribution in [2.24, 2.45) is 0 Å². The number of aliphatic hydroxyl groups excluding tert-OH is 3. The number of hydrogen-bond donors (Lipinski definition) is 4. The van der Waals surface area contributed by atoms with E-state index >= 15 is 0 Å². The van der Waals surface area contributed by atoms with Crippen molar-refractivity contribution in [1.82, 2.24) is 5.32 Å². The highest BCUT2D eigenvalue weighted by Crippen LogP contribution is 2.22. The number of aliphatic hydroxyl groups is 3. The molecule has 0 aliphatic rings. The largest absolute Gasteiger partial charge is 0.394 e. The Labute approximate surface area is 110 Å². The van der Waals surface area contributed by atoms with Gasteiger partial charge in [0.25, 0.3) is 0 Å². The molecule has 0 saturated heterocycles. The zero-order valence-corrected chi connectivity index (χ0v) is 10.7. The average molecular weight is 280 g/mol. The molecule has 0 aliphatic carbocycles. The van der Waals surface area contributed by atoms with Crippen molar-refractivity contribution in [3.63, 3.8) is 0 Å². The number of hydrogen-bond acceptors (Lipinski definition) is 4. The SMILES string of the molecule is OCC(CO)(CO)NCc1ccc(Cl)c(Cl)c1. The van der Waals surface area contributed by atoms with Gasteiger partial charge in [0.2, 0.25) is 0 Å². The van der Waals surface area contributed by atoms with Gasteiger partial charge < -0.3 is 20.6 Å². The number of rotatable bonds is 6. The third-order valence-electron chi connectivity index (χ3n) is 2.56. The van der Waals surface area contributed by atoms with Gasteiger partial charge in [0.05, 0.1) is 35.4 Å². The summed E-state index contributed by atoms with van der Waals surface area (Å²) in [6.45, 7) is -0.720. The van der Waals surface area contributed by atoms with E-state index in [0.717, 1.165) is 5.56 Å². The molecule has 1 aromatic rings. The fourth-order valence-corrected chi connectivity index (χ4v) is 1.58. The standard InChI is InChI=1S/C11H15Cl2NO3/c12-9-2-1-8(3-10(9)13)4-14-11(5-15,6-16)7-17/h1-3,14-17H,4-7H2. The van der Waals surface area contributed by atoms with Gasteiger partial charge in [-0.05, 0) is 17.7 Å². The Bertz CT molecular complexity index is 361. The van der Waals surface area contributed by atoms with Crippen LogP contribution in [0.15, 0.2) is 18.2 Å². The highest BCUT2D eigenvalue weighted by atomic mass is 35.5. The molecule has 17 heavy (non-hydrogen) atoms. The molecule has 1 aromatic carbocycles. The minimum Gasteiger partial charge on any atom is -0.394 e. The normalized spacial score (nSPS) is 11.8. The van der Waals surface area contributed by atoms with Gasteiger partial charge >= 0.3 is 0 Å². The molecule has 4 N–H and O–H groups in total. The maximum Gasteiger partial charge on any atom is 0.0884 e. The van der Waals surface area contributed by atoms with E-state index in [9.17, 15) is 0 Å². The highest BCUT2D eigenvalue weighted by molar-refractivity contribution is 6.42. The molecule has 0 saturated carbocycles. The van der Waals surface area contributed by atoms with Gasteiger partial charge in [-0.1, -0.05) is 29.3 Å². The summed E-state index contributed by atoms with van der Waals surface area (Å²) in [4.78, 5) is 0. The predicted octanol–water partition coefficient (Wildman–Crippen LogP) is 0.799. The molecule has 0 spiro atoms. The zero-order chi connectivity index (χ0) is 12.9. The van der Waals surface area contributed by atoms with Crippen molar-refractivity contribution < 1.29 is 15.3 Å². The average Bonchev–Trinajstić information content (AvgIpc) is 2.36. The third-order valence-corrected chi connectivity index (χ3v) is 3.30. The maximum absolute atomic E-state index is 9.12. The van der Waals surface area contributed by atoms with Gasteiger partial charge in [-0.25, -0.2) is 0 Å². The van der Waals surface area contributed by atoms with Crippen LogP contribution in [0.4, 0.5) is 0 Å². The Morgan fingerprint density at radius 3 is 2.06 bits per heavy atom. The van der Waals surface area contributed by atoms with Crippen LogP contribution in [0.25, 0.3) is 0 Å². The molecule has 0 amide bonds. The van der Waals surface area contributed by atoms with Crippen LogP contribution >= 0.6 is 23.2 Å². The van der Waals surface area contributed by atoms with E-state index < -0.39 is 5.54 Å². The van der Waals surface area contributed by atoms with Crippen LogP contribution in [0.5, 0.6) is 0 Å². The molecule has 0 unspecified atom stereocenters. The van der Waals surface area contributed by atoms with Crippen LogP contribution < -0.4 is 5.32 Å². The van der Waals surface area contributed by atoms with Crippen molar-refractivity contribution >= 4 is 23.2 Å². The molecule has 6 heteroatoms. The first-order valence-electron chi connectivity index (χ1n) is 5.08. The first kappa shape index (κ1) is 14.7. The van der Waals surface area contributed by atoms with E-state index in [0.29, 0.717) is 16.6 Å². The molecule has 0 fully saturated rings. The molecule has 1 rings (SSSR count). The second kappa shape index (κ2) is 6.54. The van der Waals surface area contributed by atoms with Gasteiger partial charge in [-0.15, -0.1) is 0 Å². The molecule has 96 valence electrons. The summed E-state index contributed by atoms with van der Waals surface area (Å²) in [6, 6.07) is 5.13. The van der Waals surface area contributed by atoms with E-state index in [4.69, 9.17) is 38.5 Å². The minimum atomic E-state index is -1.09. The van der Waals surface area contributed by atoms with E-state index in [-0.39, 0.29) is 19.8 Å². The van der Waals surface area contributed by atoms with Crippen LogP contribution in [0.1, 0.15) is 5.56 Å². The molecule has 0 aliphatic heterocycles. The second-order valence-corrected chi connectivity index (χ2v) is 4.67. The molecular weight excluding hydrogens is 265 g/mol. The van der Waals surface area contributed by atoms with Gasteiger partial charge in [0.15, 0.2) is 0 Å². The Morgan fingerprint density at radius 1 is 1.00 bits per heavy atom. The summed E-state index contributed by atoms with van der Waals surface area (Å²) in [5.41, 5.74) is -0.245. The van der Waals surface area contributed by atoms with Crippen molar-refractivity contribution in [3.8, 4) is 0 Å². The van der Waals surface area contributed by atoms with Crippen molar-refractivity contribution in [3.05, 3.63) is 33.8 Å². The Hall–Kier alpha value is -0.360. The molecule has 4 nitrogen and oxygen atoms in total. The van der Waals surface area contributed by atoms with E-state index in [1.54, 1.807) is 18.2 Å². The van der Waals surface area contributed by atoms with Gasteiger partial charge in [0, 0.05) is 6.54 Å². The summed E-state index contributed by atoms with van der Waals surface area (Å²) in [5.74, 6) is 0. The number of benzene rings is 1. The lowest BCUT2D eigenvalue weighted by Crippen LogP contribution is -2.54. The van der Waals surface area contributed by atoms with E-state index in [1.165, 1.54) is 0 Å².